The van der Waals surface area contributed by atoms with E-state index in [1.54, 1.807) is 0 Å². The zero-order chi connectivity index (χ0) is 14.4. The lowest BCUT2D eigenvalue weighted by molar-refractivity contribution is -0.144. The van der Waals surface area contributed by atoms with Crippen molar-refractivity contribution >= 4 is 0 Å². The fraction of sp³-hybridized carbons (Fsp3) is 0.455. The molecule has 0 bridgehead atoms. The molecule has 1 N–H and O–H groups in total. The van der Waals surface area contributed by atoms with E-state index >= 15 is 0 Å². The van der Waals surface area contributed by atoms with E-state index in [4.69, 9.17) is 0 Å². The summed E-state index contributed by atoms with van der Waals surface area (Å²) in [6.07, 6.45) is -9.82. The molecule has 0 fully saturated rings. The quantitative estimate of drug-likeness (QED) is 0.767. The third-order valence-corrected chi connectivity index (χ3v) is 2.31. The number of hydrogen-bond acceptors (Lipinski definition) is 1. The van der Waals surface area contributed by atoms with Crippen LogP contribution in [-0.2, 0) is 18.0 Å². The third kappa shape index (κ3) is 3.16. The van der Waals surface area contributed by atoms with Crippen molar-refractivity contribution in [3.63, 3.8) is 0 Å². The molecule has 0 unspecified atom stereocenters. The first-order valence-corrected chi connectivity index (χ1v) is 4.85. The molecule has 18 heavy (non-hydrogen) atoms. The van der Waals surface area contributed by atoms with Crippen molar-refractivity contribution in [1.29, 1.82) is 0 Å². The van der Waals surface area contributed by atoms with Crippen molar-refractivity contribution in [2.45, 2.75) is 31.8 Å². The molecule has 0 aliphatic heterocycles. The Morgan fingerprint density at radius 1 is 0.833 bits per heavy atom. The van der Waals surface area contributed by atoms with Gasteiger partial charge in [-0.05, 0) is 31.5 Å². The fourth-order valence-corrected chi connectivity index (χ4v) is 1.49. The molecule has 0 spiro atoms. The van der Waals surface area contributed by atoms with E-state index < -0.39 is 34.6 Å². The minimum atomic E-state index is -4.96. The van der Waals surface area contributed by atoms with Gasteiger partial charge in [0.05, 0.1) is 16.7 Å². The standard InChI is InChI=1S/C11H10F6O/c1-9(2,18)7-4-3-6(10(12,13)14)5-8(7)11(15,16)17/h3-5,18H,1-2H3. The van der Waals surface area contributed by atoms with Gasteiger partial charge in [-0.3, -0.25) is 0 Å². The molecule has 0 amide bonds. The number of aliphatic hydroxyl groups is 1. The predicted molar refractivity (Wildman–Crippen MR) is 51.7 cm³/mol. The van der Waals surface area contributed by atoms with Gasteiger partial charge in [0.1, 0.15) is 0 Å². The summed E-state index contributed by atoms with van der Waals surface area (Å²) in [7, 11) is 0. The van der Waals surface area contributed by atoms with Crippen LogP contribution in [0, 0.1) is 0 Å². The molecule has 7 heteroatoms. The van der Waals surface area contributed by atoms with Gasteiger partial charge in [-0.2, -0.15) is 26.3 Å². The zero-order valence-electron chi connectivity index (χ0n) is 9.45. The molecule has 0 aromatic heterocycles. The lowest BCUT2D eigenvalue weighted by Gasteiger charge is -2.24. The minimum absolute atomic E-state index is 0.00725. The second-order valence-electron chi connectivity index (χ2n) is 4.31. The Hall–Kier alpha value is -1.24. The van der Waals surface area contributed by atoms with Gasteiger partial charge in [0, 0.05) is 0 Å². The summed E-state index contributed by atoms with van der Waals surface area (Å²) in [4.78, 5) is 0. The second kappa shape index (κ2) is 4.15. The van der Waals surface area contributed by atoms with Crippen LogP contribution in [0.15, 0.2) is 18.2 Å². The molecule has 0 radical (unpaired) electrons. The van der Waals surface area contributed by atoms with E-state index in [0.29, 0.717) is 12.1 Å². The Morgan fingerprint density at radius 2 is 1.33 bits per heavy atom. The van der Waals surface area contributed by atoms with E-state index in [9.17, 15) is 31.4 Å². The Labute approximate surface area is 99.0 Å². The lowest BCUT2D eigenvalue weighted by Crippen LogP contribution is -2.23. The Balaban J connectivity index is 3.50. The van der Waals surface area contributed by atoms with Crippen molar-refractivity contribution in [1.82, 2.24) is 0 Å². The van der Waals surface area contributed by atoms with E-state index in [1.165, 1.54) is 0 Å². The first kappa shape index (κ1) is 14.8. The lowest BCUT2D eigenvalue weighted by atomic mass is 9.91. The van der Waals surface area contributed by atoms with Gasteiger partial charge in [0.25, 0.3) is 0 Å². The maximum Gasteiger partial charge on any atom is 0.416 e. The van der Waals surface area contributed by atoms with Crippen LogP contribution in [-0.4, -0.2) is 5.11 Å². The van der Waals surface area contributed by atoms with Crippen LogP contribution in [0.3, 0.4) is 0 Å². The first-order valence-electron chi connectivity index (χ1n) is 4.85. The van der Waals surface area contributed by atoms with Gasteiger partial charge in [-0.1, -0.05) is 6.07 Å². The summed E-state index contributed by atoms with van der Waals surface area (Å²) in [5, 5.41) is 9.55. The molecule has 1 nitrogen and oxygen atoms in total. The number of halogens is 6. The van der Waals surface area contributed by atoms with Crippen molar-refractivity contribution < 1.29 is 31.4 Å². The molecule has 0 heterocycles. The van der Waals surface area contributed by atoms with Crippen LogP contribution in [0.1, 0.15) is 30.5 Å². The maximum atomic E-state index is 12.7. The Kier molecular flexibility index (Phi) is 3.42. The summed E-state index contributed by atoms with van der Waals surface area (Å²) in [6.45, 7) is 2.15. The van der Waals surface area contributed by atoms with Crippen LogP contribution in [0.4, 0.5) is 26.3 Å². The topological polar surface area (TPSA) is 20.2 Å². The van der Waals surface area contributed by atoms with Gasteiger partial charge in [-0.25, -0.2) is 0 Å². The van der Waals surface area contributed by atoms with E-state index in [0.717, 1.165) is 13.8 Å². The van der Waals surface area contributed by atoms with Gasteiger partial charge in [0.15, 0.2) is 0 Å². The predicted octanol–water partition coefficient (Wildman–Crippen LogP) is 3.95. The average molecular weight is 272 g/mol. The Bertz CT molecular complexity index is 438. The van der Waals surface area contributed by atoms with Crippen LogP contribution in [0.5, 0.6) is 0 Å². The van der Waals surface area contributed by atoms with Crippen molar-refractivity contribution in [2.24, 2.45) is 0 Å². The molecule has 0 atom stereocenters. The number of alkyl halides is 6. The number of hydrogen-bond donors (Lipinski definition) is 1. The molecular formula is C11H10F6O. The number of rotatable bonds is 1. The summed E-state index contributed by atoms with van der Waals surface area (Å²) in [5.41, 5.74) is -5.36. The molecule has 1 rings (SSSR count). The zero-order valence-corrected chi connectivity index (χ0v) is 9.45. The Morgan fingerprint density at radius 3 is 1.67 bits per heavy atom. The first-order chi connectivity index (χ1) is 7.83. The summed E-state index contributed by atoms with van der Waals surface area (Å²) in [6, 6.07) is 1.17. The highest BCUT2D eigenvalue weighted by atomic mass is 19.4. The molecule has 0 aliphatic carbocycles. The summed E-state index contributed by atoms with van der Waals surface area (Å²) in [5.74, 6) is 0. The van der Waals surface area contributed by atoms with Crippen molar-refractivity contribution in [3.05, 3.63) is 34.9 Å². The van der Waals surface area contributed by atoms with Crippen molar-refractivity contribution in [2.75, 3.05) is 0 Å². The normalized spacial score (nSPS) is 13.8. The second-order valence-corrected chi connectivity index (χ2v) is 4.31. The molecule has 1 aromatic rings. The SMILES string of the molecule is CC(C)(O)c1ccc(C(F)(F)F)cc1C(F)(F)F. The van der Waals surface area contributed by atoms with Crippen LogP contribution < -0.4 is 0 Å². The highest BCUT2D eigenvalue weighted by Crippen LogP contribution is 2.40. The van der Waals surface area contributed by atoms with E-state index in [2.05, 4.69) is 0 Å². The smallest absolute Gasteiger partial charge is 0.386 e. The van der Waals surface area contributed by atoms with Crippen LogP contribution in [0.25, 0.3) is 0 Å². The third-order valence-electron chi connectivity index (χ3n) is 2.31. The van der Waals surface area contributed by atoms with Gasteiger partial charge >= 0.3 is 12.4 Å². The molecule has 0 saturated heterocycles. The molecule has 0 saturated carbocycles. The molecule has 1 aromatic carbocycles. The molecule has 0 aliphatic rings. The molecular weight excluding hydrogens is 262 g/mol. The highest BCUT2D eigenvalue weighted by Gasteiger charge is 2.40. The van der Waals surface area contributed by atoms with E-state index in [-0.39, 0.29) is 6.07 Å². The number of benzene rings is 1. The van der Waals surface area contributed by atoms with Crippen LogP contribution in [0.2, 0.25) is 0 Å². The monoisotopic (exact) mass is 272 g/mol. The molecule has 102 valence electrons. The summed E-state index contributed by atoms with van der Waals surface area (Å²) < 4.78 is 75.1. The van der Waals surface area contributed by atoms with Crippen LogP contribution >= 0.6 is 0 Å². The largest absolute Gasteiger partial charge is 0.416 e. The summed E-state index contributed by atoms with van der Waals surface area (Å²) >= 11 is 0. The van der Waals surface area contributed by atoms with Gasteiger partial charge < -0.3 is 5.11 Å². The fourth-order valence-electron chi connectivity index (χ4n) is 1.49. The minimum Gasteiger partial charge on any atom is -0.386 e. The van der Waals surface area contributed by atoms with Gasteiger partial charge in [0.2, 0.25) is 0 Å². The van der Waals surface area contributed by atoms with Gasteiger partial charge in [-0.15, -0.1) is 0 Å². The maximum absolute atomic E-state index is 12.7. The van der Waals surface area contributed by atoms with Crippen molar-refractivity contribution in [3.8, 4) is 0 Å². The highest BCUT2D eigenvalue weighted by molar-refractivity contribution is 5.38. The average Bonchev–Trinajstić information content (AvgIpc) is 2.12. The van der Waals surface area contributed by atoms with E-state index in [1.807, 2.05) is 0 Å².